The molecule has 7 heteroatoms. The number of rotatable bonds is 3. The van der Waals surface area contributed by atoms with Crippen molar-refractivity contribution in [1.82, 2.24) is 20.0 Å². The highest BCUT2D eigenvalue weighted by Crippen LogP contribution is 2.29. The third kappa shape index (κ3) is 2.38. The van der Waals surface area contributed by atoms with E-state index in [0.29, 0.717) is 22.2 Å². The highest BCUT2D eigenvalue weighted by molar-refractivity contribution is 6.32. The summed E-state index contributed by atoms with van der Waals surface area (Å²) in [6.07, 6.45) is 3.30. The van der Waals surface area contributed by atoms with Gasteiger partial charge in [-0.1, -0.05) is 16.8 Å². The van der Waals surface area contributed by atoms with E-state index in [1.807, 2.05) is 6.07 Å². The van der Waals surface area contributed by atoms with Crippen molar-refractivity contribution in [2.45, 2.75) is 0 Å². The first-order valence-corrected chi connectivity index (χ1v) is 6.72. The van der Waals surface area contributed by atoms with E-state index in [1.54, 1.807) is 54.5 Å². The molecule has 0 aliphatic heterocycles. The molecule has 1 aromatic carbocycles. The van der Waals surface area contributed by atoms with Crippen LogP contribution in [0, 0.1) is 11.3 Å². The average Bonchev–Trinajstić information content (AvgIpc) is 2.99. The van der Waals surface area contributed by atoms with Crippen molar-refractivity contribution >= 4 is 11.6 Å². The number of nitriles is 1. The Kier molecular flexibility index (Phi) is 3.73. The molecule has 6 nitrogen and oxygen atoms in total. The van der Waals surface area contributed by atoms with Gasteiger partial charge in [0.2, 0.25) is 0 Å². The Labute approximate surface area is 131 Å². The zero-order valence-corrected chi connectivity index (χ0v) is 12.3. The smallest absolute Gasteiger partial charge is 0.191 e. The summed E-state index contributed by atoms with van der Waals surface area (Å²) in [5.41, 5.74) is 2.30. The van der Waals surface area contributed by atoms with Crippen LogP contribution in [0.15, 0.2) is 42.7 Å². The van der Waals surface area contributed by atoms with Crippen LogP contribution in [-0.2, 0) is 0 Å². The molecular formula is C15H10ClN5O. The molecule has 3 aromatic rings. The van der Waals surface area contributed by atoms with Gasteiger partial charge in [-0.05, 0) is 30.3 Å². The number of hydrogen-bond acceptors (Lipinski definition) is 5. The van der Waals surface area contributed by atoms with Crippen LogP contribution in [0.3, 0.4) is 0 Å². The molecule has 0 atom stereocenters. The molecular weight excluding hydrogens is 302 g/mol. The summed E-state index contributed by atoms with van der Waals surface area (Å²) in [4.78, 5) is 3.98. The van der Waals surface area contributed by atoms with Crippen LogP contribution in [0.1, 0.15) is 5.69 Å². The van der Waals surface area contributed by atoms with Gasteiger partial charge in [0.15, 0.2) is 5.69 Å². The maximum Gasteiger partial charge on any atom is 0.191 e. The largest absolute Gasteiger partial charge is 0.495 e. The van der Waals surface area contributed by atoms with Crippen LogP contribution < -0.4 is 4.74 Å². The number of pyridine rings is 1. The zero-order valence-electron chi connectivity index (χ0n) is 11.6. The van der Waals surface area contributed by atoms with E-state index < -0.39 is 0 Å². The van der Waals surface area contributed by atoms with Crippen molar-refractivity contribution in [3.8, 4) is 28.8 Å². The minimum Gasteiger partial charge on any atom is -0.495 e. The number of benzene rings is 1. The average molecular weight is 312 g/mol. The highest BCUT2D eigenvalue weighted by atomic mass is 35.5. The van der Waals surface area contributed by atoms with Gasteiger partial charge in [0, 0.05) is 18.0 Å². The van der Waals surface area contributed by atoms with Gasteiger partial charge in [-0.3, -0.25) is 4.98 Å². The quantitative estimate of drug-likeness (QED) is 0.743. The second-order valence-corrected chi connectivity index (χ2v) is 4.77. The highest BCUT2D eigenvalue weighted by Gasteiger charge is 2.16. The molecule has 0 radical (unpaired) electrons. The summed E-state index contributed by atoms with van der Waals surface area (Å²) in [6.45, 7) is 0. The van der Waals surface area contributed by atoms with Crippen LogP contribution >= 0.6 is 11.6 Å². The summed E-state index contributed by atoms with van der Waals surface area (Å²) in [7, 11) is 1.55. The zero-order chi connectivity index (χ0) is 15.5. The molecule has 0 spiro atoms. The third-order valence-electron chi connectivity index (χ3n) is 3.11. The SMILES string of the molecule is COc1ccc(-n2nnc(C#N)c2-c2ccncc2)cc1Cl. The van der Waals surface area contributed by atoms with Crippen molar-refractivity contribution in [3.05, 3.63) is 53.4 Å². The van der Waals surface area contributed by atoms with E-state index in [-0.39, 0.29) is 5.69 Å². The minimum absolute atomic E-state index is 0.234. The number of hydrogen-bond donors (Lipinski definition) is 0. The van der Waals surface area contributed by atoms with Gasteiger partial charge in [-0.25, -0.2) is 4.68 Å². The first-order chi connectivity index (χ1) is 10.7. The van der Waals surface area contributed by atoms with Gasteiger partial charge in [0.1, 0.15) is 17.5 Å². The van der Waals surface area contributed by atoms with Crippen molar-refractivity contribution in [2.24, 2.45) is 0 Å². The number of nitrogens with zero attached hydrogens (tertiary/aromatic N) is 5. The van der Waals surface area contributed by atoms with E-state index >= 15 is 0 Å². The normalized spacial score (nSPS) is 10.2. The van der Waals surface area contributed by atoms with E-state index in [1.165, 1.54) is 0 Å². The molecule has 0 N–H and O–H groups in total. The predicted molar refractivity (Wildman–Crippen MR) is 80.9 cm³/mol. The summed E-state index contributed by atoms with van der Waals surface area (Å²) >= 11 is 6.16. The number of halogens is 1. The monoisotopic (exact) mass is 311 g/mol. The molecule has 2 aromatic heterocycles. The second kappa shape index (κ2) is 5.84. The molecule has 108 valence electrons. The topological polar surface area (TPSA) is 76.6 Å². The van der Waals surface area contributed by atoms with Gasteiger partial charge in [0.05, 0.1) is 17.8 Å². The Bertz CT molecular complexity index is 854. The minimum atomic E-state index is 0.234. The number of methoxy groups -OCH3 is 1. The Morgan fingerprint density at radius 1 is 1.23 bits per heavy atom. The fourth-order valence-electron chi connectivity index (χ4n) is 2.09. The fourth-order valence-corrected chi connectivity index (χ4v) is 2.35. The van der Waals surface area contributed by atoms with Gasteiger partial charge < -0.3 is 4.74 Å². The lowest BCUT2D eigenvalue weighted by Gasteiger charge is -2.09. The molecule has 0 bridgehead atoms. The summed E-state index contributed by atoms with van der Waals surface area (Å²) in [6, 6.07) is 10.9. The van der Waals surface area contributed by atoms with Gasteiger partial charge in [-0.2, -0.15) is 5.26 Å². The molecule has 0 unspecified atom stereocenters. The van der Waals surface area contributed by atoms with Crippen molar-refractivity contribution < 1.29 is 4.74 Å². The van der Waals surface area contributed by atoms with Gasteiger partial charge in [-0.15, -0.1) is 5.10 Å². The molecule has 0 aliphatic rings. The number of ether oxygens (including phenoxy) is 1. The van der Waals surface area contributed by atoms with Gasteiger partial charge >= 0.3 is 0 Å². The van der Waals surface area contributed by atoms with E-state index in [4.69, 9.17) is 16.3 Å². The Morgan fingerprint density at radius 3 is 2.64 bits per heavy atom. The molecule has 3 rings (SSSR count). The molecule has 22 heavy (non-hydrogen) atoms. The second-order valence-electron chi connectivity index (χ2n) is 4.37. The summed E-state index contributed by atoms with van der Waals surface area (Å²) < 4.78 is 6.71. The molecule has 0 aliphatic carbocycles. The predicted octanol–water partition coefficient (Wildman–Crippen LogP) is 2.86. The van der Waals surface area contributed by atoms with Crippen molar-refractivity contribution in [3.63, 3.8) is 0 Å². The van der Waals surface area contributed by atoms with Crippen molar-refractivity contribution in [1.29, 1.82) is 5.26 Å². The van der Waals surface area contributed by atoms with E-state index in [0.717, 1.165) is 5.56 Å². The maximum absolute atomic E-state index is 9.25. The van der Waals surface area contributed by atoms with Crippen molar-refractivity contribution in [2.75, 3.05) is 7.11 Å². The Hall–Kier alpha value is -2.91. The fraction of sp³-hybridized carbons (Fsp3) is 0.0667. The third-order valence-corrected chi connectivity index (χ3v) is 3.41. The van der Waals surface area contributed by atoms with Crippen LogP contribution in [-0.4, -0.2) is 27.1 Å². The maximum atomic E-state index is 9.25. The molecule has 0 saturated heterocycles. The summed E-state index contributed by atoms with van der Waals surface area (Å²) in [5, 5.41) is 17.7. The standard InChI is InChI=1S/C15H10ClN5O/c1-22-14-3-2-11(8-12(14)16)21-15(13(9-17)19-20-21)10-4-6-18-7-5-10/h2-8H,1H3. The molecule has 0 saturated carbocycles. The Balaban J connectivity index is 2.19. The Morgan fingerprint density at radius 2 is 2.00 bits per heavy atom. The lowest BCUT2D eigenvalue weighted by molar-refractivity contribution is 0.415. The van der Waals surface area contributed by atoms with Crippen LogP contribution in [0.25, 0.3) is 16.9 Å². The van der Waals surface area contributed by atoms with Crippen LogP contribution in [0.4, 0.5) is 0 Å². The number of aromatic nitrogens is 4. The van der Waals surface area contributed by atoms with Crippen LogP contribution in [0.5, 0.6) is 5.75 Å². The first kappa shape index (κ1) is 14.0. The summed E-state index contributed by atoms with van der Waals surface area (Å²) in [5.74, 6) is 0.566. The first-order valence-electron chi connectivity index (χ1n) is 6.34. The molecule has 0 fully saturated rings. The molecule has 2 heterocycles. The lowest BCUT2D eigenvalue weighted by atomic mass is 10.1. The van der Waals surface area contributed by atoms with E-state index in [9.17, 15) is 5.26 Å². The molecule has 0 amide bonds. The van der Waals surface area contributed by atoms with Gasteiger partial charge in [0.25, 0.3) is 0 Å². The lowest BCUT2D eigenvalue weighted by Crippen LogP contribution is -2.00. The van der Waals surface area contributed by atoms with Crippen LogP contribution in [0.2, 0.25) is 5.02 Å². The van der Waals surface area contributed by atoms with E-state index in [2.05, 4.69) is 15.3 Å².